The van der Waals surface area contributed by atoms with Crippen LogP contribution in [0.3, 0.4) is 0 Å². The second-order valence-corrected chi connectivity index (χ2v) is 3.52. The first-order valence-corrected chi connectivity index (χ1v) is 4.50. The Kier molecular flexibility index (Phi) is 1.61. The van der Waals surface area contributed by atoms with Crippen LogP contribution < -0.4 is 5.73 Å². The third kappa shape index (κ3) is 1.02. The molecule has 4 heteroatoms. The molecule has 0 saturated carbocycles. The molecule has 3 nitrogen and oxygen atoms in total. The number of phenolic OH excluding ortho intramolecular Hbond substituents is 1. The average molecular weight is 190 g/mol. The number of nitrogens with zero attached hydrogens (tertiary/aromatic N) is 1. The molecule has 0 fully saturated rings. The first-order valence-electron chi connectivity index (χ1n) is 3.63. The van der Waals surface area contributed by atoms with Crippen molar-refractivity contribution >= 4 is 27.1 Å². The van der Waals surface area contributed by atoms with E-state index >= 15 is 0 Å². The van der Waals surface area contributed by atoms with E-state index in [9.17, 15) is 5.11 Å². The SMILES string of the molecule is N#Cc1csc2c(O)c(N)ccc12. The van der Waals surface area contributed by atoms with E-state index < -0.39 is 0 Å². The van der Waals surface area contributed by atoms with Crippen molar-refractivity contribution in [3.63, 3.8) is 0 Å². The lowest BCUT2D eigenvalue weighted by atomic mass is 10.1. The Hall–Kier alpha value is -1.73. The quantitative estimate of drug-likeness (QED) is 0.493. The number of fused-ring (bicyclic) bond motifs is 1. The van der Waals surface area contributed by atoms with E-state index in [1.54, 1.807) is 17.5 Å². The Balaban J connectivity index is 2.91. The minimum absolute atomic E-state index is 0.0731. The van der Waals surface area contributed by atoms with Gasteiger partial charge in [-0.1, -0.05) is 0 Å². The predicted molar refractivity (Wildman–Crippen MR) is 52.6 cm³/mol. The van der Waals surface area contributed by atoms with Crippen molar-refractivity contribution in [1.29, 1.82) is 5.26 Å². The molecule has 3 N–H and O–H groups in total. The second kappa shape index (κ2) is 2.64. The van der Waals surface area contributed by atoms with E-state index in [0.717, 1.165) is 5.39 Å². The number of benzene rings is 1. The van der Waals surface area contributed by atoms with Gasteiger partial charge in [0, 0.05) is 10.8 Å². The van der Waals surface area contributed by atoms with Gasteiger partial charge in [0.2, 0.25) is 0 Å². The maximum Gasteiger partial charge on any atom is 0.156 e. The molecule has 0 atom stereocenters. The minimum Gasteiger partial charge on any atom is -0.504 e. The molecule has 0 unspecified atom stereocenters. The standard InChI is InChI=1S/C9H6N2OS/c10-3-5-4-13-9-6(5)1-2-7(11)8(9)12/h1-2,4,12H,11H2. The van der Waals surface area contributed by atoms with Gasteiger partial charge in [-0.15, -0.1) is 11.3 Å². The highest BCUT2D eigenvalue weighted by atomic mass is 32.1. The van der Waals surface area contributed by atoms with Crippen LogP contribution in [0, 0.1) is 11.3 Å². The molecule has 0 aliphatic carbocycles. The lowest BCUT2D eigenvalue weighted by Crippen LogP contribution is -1.84. The van der Waals surface area contributed by atoms with E-state index in [1.807, 2.05) is 0 Å². The summed E-state index contributed by atoms with van der Waals surface area (Å²) in [7, 11) is 0. The number of thiophene rings is 1. The van der Waals surface area contributed by atoms with Gasteiger partial charge in [-0.05, 0) is 12.1 Å². The molecule has 0 bridgehead atoms. The molecule has 1 heterocycles. The van der Waals surface area contributed by atoms with Gasteiger partial charge < -0.3 is 10.8 Å². The van der Waals surface area contributed by atoms with Crippen LogP contribution in [-0.2, 0) is 0 Å². The first-order chi connectivity index (χ1) is 6.24. The van der Waals surface area contributed by atoms with Gasteiger partial charge in [0.25, 0.3) is 0 Å². The Morgan fingerprint density at radius 3 is 2.92 bits per heavy atom. The molecule has 0 saturated heterocycles. The maximum absolute atomic E-state index is 9.54. The summed E-state index contributed by atoms with van der Waals surface area (Å²) in [6.45, 7) is 0. The van der Waals surface area contributed by atoms with E-state index in [1.165, 1.54) is 11.3 Å². The Labute approximate surface area is 78.6 Å². The van der Waals surface area contributed by atoms with Crippen molar-refractivity contribution in [1.82, 2.24) is 0 Å². The molecular weight excluding hydrogens is 184 g/mol. The molecule has 0 spiro atoms. The van der Waals surface area contributed by atoms with Crippen molar-refractivity contribution in [3.8, 4) is 11.8 Å². The van der Waals surface area contributed by atoms with Gasteiger partial charge in [-0.25, -0.2) is 0 Å². The van der Waals surface area contributed by atoms with Gasteiger partial charge in [-0.2, -0.15) is 5.26 Å². The molecule has 0 radical (unpaired) electrons. The van der Waals surface area contributed by atoms with Crippen LogP contribution in [0.1, 0.15) is 5.56 Å². The number of hydrogen-bond acceptors (Lipinski definition) is 4. The third-order valence-corrected chi connectivity index (χ3v) is 2.87. The molecular formula is C9H6N2OS. The Bertz CT molecular complexity index is 510. The number of nitrogen functional groups attached to an aromatic ring is 1. The average Bonchev–Trinajstić information content (AvgIpc) is 2.55. The third-order valence-electron chi connectivity index (χ3n) is 1.87. The van der Waals surface area contributed by atoms with Crippen LogP contribution >= 0.6 is 11.3 Å². The second-order valence-electron chi connectivity index (χ2n) is 2.64. The summed E-state index contributed by atoms with van der Waals surface area (Å²) in [4.78, 5) is 0. The van der Waals surface area contributed by atoms with Gasteiger partial charge in [0.15, 0.2) is 5.75 Å². The first kappa shape index (κ1) is 7.90. The number of phenols is 1. The zero-order valence-electron chi connectivity index (χ0n) is 6.61. The fraction of sp³-hybridized carbons (Fsp3) is 0. The van der Waals surface area contributed by atoms with Crippen molar-refractivity contribution in [3.05, 3.63) is 23.1 Å². The molecule has 2 rings (SSSR count). The smallest absolute Gasteiger partial charge is 0.156 e. The summed E-state index contributed by atoms with van der Waals surface area (Å²) in [6, 6.07) is 5.41. The van der Waals surface area contributed by atoms with E-state index in [4.69, 9.17) is 11.0 Å². The normalized spacial score (nSPS) is 10.1. The highest BCUT2D eigenvalue weighted by molar-refractivity contribution is 7.17. The van der Waals surface area contributed by atoms with Crippen LogP contribution in [0.15, 0.2) is 17.5 Å². The van der Waals surface area contributed by atoms with E-state index in [2.05, 4.69) is 6.07 Å². The van der Waals surface area contributed by atoms with Gasteiger partial charge in [0.1, 0.15) is 6.07 Å². The van der Waals surface area contributed by atoms with Crippen LogP contribution in [0.25, 0.3) is 10.1 Å². The molecule has 13 heavy (non-hydrogen) atoms. The number of aromatic hydroxyl groups is 1. The molecule has 0 aliphatic rings. The van der Waals surface area contributed by atoms with Gasteiger partial charge >= 0.3 is 0 Å². The van der Waals surface area contributed by atoms with Crippen LogP contribution in [0.4, 0.5) is 5.69 Å². The highest BCUT2D eigenvalue weighted by Gasteiger charge is 2.08. The predicted octanol–water partition coefficient (Wildman–Crippen LogP) is 2.06. The van der Waals surface area contributed by atoms with E-state index in [0.29, 0.717) is 16.0 Å². The molecule has 1 aromatic heterocycles. The van der Waals surface area contributed by atoms with Gasteiger partial charge in [0.05, 0.1) is 16.0 Å². The fourth-order valence-electron chi connectivity index (χ4n) is 1.19. The van der Waals surface area contributed by atoms with Crippen LogP contribution in [-0.4, -0.2) is 5.11 Å². The summed E-state index contributed by atoms with van der Waals surface area (Å²) >= 11 is 1.33. The van der Waals surface area contributed by atoms with Crippen molar-refractivity contribution in [2.45, 2.75) is 0 Å². The topological polar surface area (TPSA) is 70.0 Å². The molecule has 1 aromatic carbocycles. The monoisotopic (exact) mass is 190 g/mol. The fourth-order valence-corrected chi connectivity index (χ4v) is 2.14. The van der Waals surface area contributed by atoms with Crippen LogP contribution in [0.2, 0.25) is 0 Å². The molecule has 2 aromatic rings. The summed E-state index contributed by atoms with van der Waals surface area (Å²) in [5.41, 5.74) is 6.44. The highest BCUT2D eigenvalue weighted by Crippen LogP contribution is 2.36. The van der Waals surface area contributed by atoms with Gasteiger partial charge in [-0.3, -0.25) is 0 Å². The lowest BCUT2D eigenvalue weighted by Gasteiger charge is -1.98. The van der Waals surface area contributed by atoms with Crippen molar-refractivity contribution in [2.24, 2.45) is 0 Å². The number of nitrogens with two attached hydrogens (primary N) is 1. The summed E-state index contributed by atoms with van der Waals surface area (Å²) in [5.74, 6) is 0.0731. The number of anilines is 1. The summed E-state index contributed by atoms with van der Waals surface area (Å²) in [6.07, 6.45) is 0. The Morgan fingerprint density at radius 1 is 1.46 bits per heavy atom. The zero-order valence-corrected chi connectivity index (χ0v) is 7.43. The summed E-state index contributed by atoms with van der Waals surface area (Å²) < 4.78 is 0.677. The lowest BCUT2D eigenvalue weighted by molar-refractivity contribution is 0.485. The number of nitriles is 1. The van der Waals surface area contributed by atoms with Crippen molar-refractivity contribution < 1.29 is 5.11 Å². The van der Waals surface area contributed by atoms with Crippen LogP contribution in [0.5, 0.6) is 5.75 Å². The molecule has 64 valence electrons. The number of hydrogen-bond donors (Lipinski definition) is 2. The number of rotatable bonds is 0. The zero-order chi connectivity index (χ0) is 9.42. The maximum atomic E-state index is 9.54. The minimum atomic E-state index is 0.0731. The largest absolute Gasteiger partial charge is 0.504 e. The molecule has 0 aliphatic heterocycles. The van der Waals surface area contributed by atoms with Crippen molar-refractivity contribution in [2.75, 3.05) is 5.73 Å². The summed E-state index contributed by atoms with van der Waals surface area (Å²) in [5, 5.41) is 20.7. The Morgan fingerprint density at radius 2 is 2.23 bits per heavy atom. The van der Waals surface area contributed by atoms with E-state index in [-0.39, 0.29) is 5.75 Å². The molecule has 0 amide bonds.